The first-order valence-corrected chi connectivity index (χ1v) is 11.8. The smallest absolute Gasteiger partial charge is 0.468 e. The minimum Gasteiger partial charge on any atom is -0.468 e. The van der Waals surface area contributed by atoms with Gasteiger partial charge >= 0.3 is 24.1 Å². The summed E-state index contributed by atoms with van der Waals surface area (Å²) in [5.74, 6) is -0.891. The summed E-state index contributed by atoms with van der Waals surface area (Å²) in [7, 11) is 1.27. The molecule has 0 aromatic heterocycles. The van der Waals surface area contributed by atoms with Crippen molar-refractivity contribution < 1.29 is 42.9 Å². The van der Waals surface area contributed by atoms with E-state index < -0.39 is 36.2 Å². The van der Waals surface area contributed by atoms with Gasteiger partial charge in [-0.05, 0) is 43.4 Å². The number of benzene rings is 1. The van der Waals surface area contributed by atoms with Gasteiger partial charge in [0.1, 0.15) is 12.1 Å². The molecule has 1 unspecified atom stereocenters. The lowest BCUT2D eigenvalue weighted by Gasteiger charge is -2.20. The zero-order valence-electron chi connectivity index (χ0n) is 21.4. The van der Waals surface area contributed by atoms with Crippen molar-refractivity contribution in [3.63, 3.8) is 0 Å². The maximum atomic E-state index is 12.3. The van der Waals surface area contributed by atoms with Gasteiger partial charge in [0.25, 0.3) is 0 Å². The number of nitrogens with one attached hydrogen (secondary N) is 1. The number of hydrogen-bond donors (Lipinski definition) is 1. The monoisotopic (exact) mass is 495 g/mol. The van der Waals surface area contributed by atoms with Crippen LogP contribution in [0.15, 0.2) is 18.2 Å². The van der Waals surface area contributed by atoms with E-state index in [9.17, 15) is 19.2 Å². The minimum absolute atomic E-state index is 0.0839. The lowest BCUT2D eigenvalue weighted by molar-refractivity contribution is -0.143. The zero-order chi connectivity index (χ0) is 26.4. The predicted molar refractivity (Wildman–Crippen MR) is 127 cm³/mol. The lowest BCUT2D eigenvalue weighted by Crippen LogP contribution is -2.43. The number of methoxy groups -OCH3 is 1. The molecule has 10 heteroatoms. The Balaban J connectivity index is 2.86. The van der Waals surface area contributed by atoms with E-state index in [0.29, 0.717) is 11.5 Å². The number of carbonyl (C=O) groups excluding carboxylic acids is 4. The highest BCUT2D eigenvalue weighted by atomic mass is 16.7. The van der Waals surface area contributed by atoms with Crippen molar-refractivity contribution in [1.29, 1.82) is 0 Å². The topological polar surface area (TPSA) is 126 Å². The SMILES string of the molecule is CCC(=O)Oc1ccc(C[C@H](NCC(C)OC(=O)OCCC(C)C)C(=O)OC)cc1OC(=O)CC. The third-order valence-electron chi connectivity index (χ3n) is 4.82. The third-order valence-corrected chi connectivity index (χ3v) is 4.82. The van der Waals surface area contributed by atoms with E-state index in [2.05, 4.69) is 5.32 Å². The highest BCUT2D eigenvalue weighted by Gasteiger charge is 2.23. The molecule has 0 aliphatic carbocycles. The molecule has 0 saturated heterocycles. The molecule has 0 heterocycles. The van der Waals surface area contributed by atoms with Crippen molar-refractivity contribution in [3.05, 3.63) is 23.8 Å². The molecular formula is C25H37NO9. The average molecular weight is 496 g/mol. The van der Waals surface area contributed by atoms with Crippen LogP contribution in [-0.2, 0) is 35.0 Å². The Morgan fingerprint density at radius 3 is 2.14 bits per heavy atom. The average Bonchev–Trinajstić information content (AvgIpc) is 2.82. The molecule has 0 aliphatic heterocycles. The van der Waals surface area contributed by atoms with Crippen LogP contribution in [0.1, 0.15) is 59.4 Å². The summed E-state index contributed by atoms with van der Waals surface area (Å²) < 4.78 is 25.7. The largest absolute Gasteiger partial charge is 0.508 e. The summed E-state index contributed by atoms with van der Waals surface area (Å²) in [6.45, 7) is 9.46. The number of esters is 3. The molecule has 10 nitrogen and oxygen atoms in total. The fraction of sp³-hybridized carbons (Fsp3) is 0.600. The van der Waals surface area contributed by atoms with Crippen LogP contribution in [0.2, 0.25) is 0 Å². The van der Waals surface area contributed by atoms with Crippen molar-refractivity contribution in [3.8, 4) is 11.5 Å². The van der Waals surface area contributed by atoms with Crippen molar-refractivity contribution in [2.24, 2.45) is 5.92 Å². The lowest BCUT2D eigenvalue weighted by atomic mass is 10.0. The number of hydrogen-bond acceptors (Lipinski definition) is 10. The molecule has 0 saturated carbocycles. The Morgan fingerprint density at radius 1 is 0.943 bits per heavy atom. The zero-order valence-corrected chi connectivity index (χ0v) is 21.4. The molecule has 196 valence electrons. The molecule has 0 amide bonds. The summed E-state index contributed by atoms with van der Waals surface area (Å²) in [6, 6.07) is 3.93. The molecule has 1 rings (SSSR count). The van der Waals surface area contributed by atoms with Gasteiger partial charge in [-0.1, -0.05) is 33.8 Å². The van der Waals surface area contributed by atoms with E-state index in [0.717, 1.165) is 6.42 Å². The van der Waals surface area contributed by atoms with Crippen LogP contribution in [0.3, 0.4) is 0 Å². The summed E-state index contributed by atoms with van der Waals surface area (Å²) in [4.78, 5) is 47.7. The second kappa shape index (κ2) is 15.7. The molecule has 35 heavy (non-hydrogen) atoms. The Bertz CT molecular complexity index is 853. The molecule has 0 bridgehead atoms. The summed E-state index contributed by atoms with van der Waals surface area (Å²) >= 11 is 0. The van der Waals surface area contributed by atoms with Gasteiger partial charge in [-0.3, -0.25) is 14.4 Å². The minimum atomic E-state index is -0.776. The molecule has 1 N–H and O–H groups in total. The highest BCUT2D eigenvalue weighted by molar-refractivity contribution is 5.77. The van der Waals surface area contributed by atoms with Crippen molar-refractivity contribution in [1.82, 2.24) is 5.32 Å². The Morgan fingerprint density at radius 2 is 1.57 bits per heavy atom. The first kappa shape index (κ1) is 29.9. The third kappa shape index (κ3) is 11.7. The Labute approximate surface area is 206 Å². The first-order valence-electron chi connectivity index (χ1n) is 11.8. The molecule has 1 aromatic carbocycles. The van der Waals surface area contributed by atoms with Crippen LogP contribution < -0.4 is 14.8 Å². The van der Waals surface area contributed by atoms with Crippen molar-refractivity contribution >= 4 is 24.1 Å². The van der Waals surface area contributed by atoms with E-state index in [4.69, 9.17) is 23.7 Å². The maximum absolute atomic E-state index is 12.3. The molecule has 0 radical (unpaired) electrons. The van der Waals surface area contributed by atoms with Gasteiger partial charge in [-0.15, -0.1) is 0 Å². The second-order valence-corrected chi connectivity index (χ2v) is 8.33. The van der Waals surface area contributed by atoms with E-state index in [1.165, 1.54) is 19.2 Å². The quantitative estimate of drug-likeness (QED) is 0.302. The highest BCUT2D eigenvalue weighted by Crippen LogP contribution is 2.30. The fourth-order valence-corrected chi connectivity index (χ4v) is 2.78. The van der Waals surface area contributed by atoms with Gasteiger partial charge in [0.2, 0.25) is 0 Å². The van der Waals surface area contributed by atoms with Crippen LogP contribution in [-0.4, -0.2) is 56.5 Å². The Kier molecular flexibility index (Phi) is 13.4. The fourth-order valence-electron chi connectivity index (χ4n) is 2.78. The summed E-state index contributed by atoms with van der Waals surface area (Å²) in [5.41, 5.74) is 0.629. The first-order chi connectivity index (χ1) is 16.6. The number of rotatable bonds is 14. The van der Waals surface area contributed by atoms with Crippen molar-refractivity contribution in [2.45, 2.75) is 72.4 Å². The van der Waals surface area contributed by atoms with Gasteiger partial charge in [0.15, 0.2) is 11.5 Å². The van der Waals surface area contributed by atoms with Gasteiger partial charge in [-0.2, -0.15) is 0 Å². The van der Waals surface area contributed by atoms with Crippen LogP contribution >= 0.6 is 0 Å². The van der Waals surface area contributed by atoms with E-state index in [1.54, 1.807) is 26.8 Å². The normalized spacial score (nSPS) is 12.4. The van der Waals surface area contributed by atoms with Gasteiger partial charge in [0, 0.05) is 19.4 Å². The van der Waals surface area contributed by atoms with Crippen LogP contribution in [0.25, 0.3) is 0 Å². The molecule has 0 fully saturated rings. The van der Waals surface area contributed by atoms with E-state index in [1.807, 2.05) is 13.8 Å². The molecule has 0 spiro atoms. The van der Waals surface area contributed by atoms with Crippen LogP contribution in [0, 0.1) is 5.92 Å². The predicted octanol–water partition coefficient (Wildman–Crippen LogP) is 3.58. The molecular weight excluding hydrogens is 458 g/mol. The van der Waals surface area contributed by atoms with Gasteiger partial charge in [0.05, 0.1) is 13.7 Å². The Hall–Kier alpha value is -3.14. The van der Waals surface area contributed by atoms with Gasteiger partial charge in [-0.25, -0.2) is 4.79 Å². The molecule has 2 atom stereocenters. The molecule has 1 aromatic rings. The number of ether oxygens (including phenoxy) is 5. The van der Waals surface area contributed by atoms with Crippen LogP contribution in [0.4, 0.5) is 4.79 Å². The maximum Gasteiger partial charge on any atom is 0.508 e. The standard InChI is InChI=1S/C25H37NO9/c1-7-22(27)34-20-10-9-18(14-21(20)35-23(28)8-2)13-19(24(29)31-6)26-15-17(5)33-25(30)32-12-11-16(3)4/h9-10,14,16-17,19,26H,7-8,11-13,15H2,1-6H3/t17?,19-/m0/s1. The van der Waals surface area contributed by atoms with E-state index >= 15 is 0 Å². The van der Waals surface area contributed by atoms with Gasteiger partial charge < -0.3 is 29.0 Å². The second-order valence-electron chi connectivity index (χ2n) is 8.33. The summed E-state index contributed by atoms with van der Waals surface area (Å²) in [5, 5.41) is 3.03. The molecule has 0 aliphatic rings. The van der Waals surface area contributed by atoms with Crippen LogP contribution in [0.5, 0.6) is 11.5 Å². The summed E-state index contributed by atoms with van der Waals surface area (Å²) in [6.07, 6.45) is -0.132. The van der Waals surface area contributed by atoms with Crippen molar-refractivity contribution in [2.75, 3.05) is 20.3 Å². The number of carbonyl (C=O) groups is 4. The van der Waals surface area contributed by atoms with E-state index in [-0.39, 0.29) is 43.9 Å².